The van der Waals surface area contributed by atoms with Gasteiger partial charge in [-0.2, -0.15) is 0 Å². The number of anilines is 1. The largest absolute Gasteiger partial charge is 0.465 e. The van der Waals surface area contributed by atoms with Crippen molar-refractivity contribution in [3.63, 3.8) is 0 Å². The first kappa shape index (κ1) is 16.1. The van der Waals surface area contributed by atoms with E-state index in [1.807, 2.05) is 0 Å². The fraction of sp³-hybridized carbons (Fsp3) is 0.154. The molecule has 9 heteroatoms. The number of thiophene rings is 1. The predicted octanol–water partition coefficient (Wildman–Crippen LogP) is 2.38. The quantitative estimate of drug-likeness (QED) is 0.666. The summed E-state index contributed by atoms with van der Waals surface area (Å²) in [6.45, 7) is 0. The monoisotopic (exact) mass is 341 g/mol. The van der Waals surface area contributed by atoms with Crippen LogP contribution in [0.4, 0.5) is 11.4 Å². The number of rotatable bonds is 5. The van der Waals surface area contributed by atoms with Crippen molar-refractivity contribution in [2.24, 2.45) is 0 Å². The SMILES string of the molecule is COC(=O)c1sccc1S(=O)(=O)Nc1cccc([N+](C)=O)c1. The Morgan fingerprint density at radius 3 is 2.68 bits per heavy atom. The minimum absolute atomic E-state index is 0.00732. The van der Waals surface area contributed by atoms with E-state index in [1.165, 1.54) is 37.7 Å². The molecule has 0 saturated carbocycles. The van der Waals surface area contributed by atoms with Gasteiger partial charge in [0, 0.05) is 21.8 Å². The summed E-state index contributed by atoms with van der Waals surface area (Å²) in [5.74, 6) is -0.719. The van der Waals surface area contributed by atoms with E-state index < -0.39 is 16.0 Å². The van der Waals surface area contributed by atoms with Crippen LogP contribution in [-0.4, -0.2) is 33.3 Å². The van der Waals surface area contributed by atoms with Crippen molar-refractivity contribution >= 4 is 38.7 Å². The van der Waals surface area contributed by atoms with Gasteiger partial charge in [-0.25, -0.2) is 13.2 Å². The Kier molecular flexibility index (Phi) is 4.57. The molecule has 1 aromatic heterocycles. The van der Waals surface area contributed by atoms with Crippen molar-refractivity contribution in [2.75, 3.05) is 18.9 Å². The molecule has 0 amide bonds. The molecule has 0 atom stereocenters. The molecule has 1 aromatic carbocycles. The van der Waals surface area contributed by atoms with E-state index in [2.05, 4.69) is 9.46 Å². The third kappa shape index (κ3) is 3.31. The molecule has 0 saturated heterocycles. The normalized spacial score (nSPS) is 11.0. The Balaban J connectivity index is 2.37. The first-order valence-corrected chi connectivity index (χ1v) is 8.41. The van der Waals surface area contributed by atoms with Gasteiger partial charge in [0.2, 0.25) is 0 Å². The fourth-order valence-corrected chi connectivity index (χ4v) is 4.11. The third-order valence-corrected chi connectivity index (χ3v) is 5.20. The van der Waals surface area contributed by atoms with Gasteiger partial charge in [0.05, 0.1) is 12.8 Å². The van der Waals surface area contributed by atoms with Crippen molar-refractivity contribution in [1.29, 1.82) is 0 Å². The van der Waals surface area contributed by atoms with E-state index in [0.29, 0.717) is 10.4 Å². The zero-order valence-electron chi connectivity index (χ0n) is 11.8. The average molecular weight is 341 g/mol. The summed E-state index contributed by atoms with van der Waals surface area (Å²) < 4.78 is 32.3. The van der Waals surface area contributed by atoms with E-state index in [9.17, 15) is 18.1 Å². The van der Waals surface area contributed by atoms with Gasteiger partial charge >= 0.3 is 5.97 Å². The van der Waals surface area contributed by atoms with Crippen molar-refractivity contribution < 1.29 is 22.7 Å². The second kappa shape index (κ2) is 6.24. The molecule has 0 aliphatic rings. The Hall–Kier alpha value is -2.26. The van der Waals surface area contributed by atoms with Crippen LogP contribution in [0, 0.1) is 4.91 Å². The highest BCUT2D eigenvalue weighted by Gasteiger charge is 2.25. The molecule has 22 heavy (non-hydrogen) atoms. The number of nitroso groups, excluding NO2 is 1. The van der Waals surface area contributed by atoms with E-state index in [-0.39, 0.29) is 15.5 Å². The predicted molar refractivity (Wildman–Crippen MR) is 82.1 cm³/mol. The first-order valence-electron chi connectivity index (χ1n) is 6.04. The number of carbonyl (C=O) groups is 1. The molecule has 2 aromatic rings. The van der Waals surface area contributed by atoms with Crippen LogP contribution in [-0.2, 0) is 14.8 Å². The van der Waals surface area contributed by atoms with Crippen LogP contribution in [0.25, 0.3) is 0 Å². The summed E-state index contributed by atoms with van der Waals surface area (Å²) >= 11 is 0.976. The number of hydrogen-bond donors (Lipinski definition) is 1. The molecule has 1 heterocycles. The second-order valence-electron chi connectivity index (χ2n) is 4.26. The number of nitrogens with zero attached hydrogens (tertiary/aromatic N) is 1. The summed E-state index contributed by atoms with van der Waals surface area (Å²) in [5.41, 5.74) is 0.529. The number of ether oxygens (including phenoxy) is 1. The zero-order valence-corrected chi connectivity index (χ0v) is 13.4. The molecule has 0 aliphatic carbocycles. The van der Waals surface area contributed by atoms with E-state index in [4.69, 9.17) is 0 Å². The lowest BCUT2D eigenvalue weighted by molar-refractivity contribution is -0.428. The Labute approximate surface area is 131 Å². The maximum absolute atomic E-state index is 12.4. The van der Waals surface area contributed by atoms with Gasteiger partial charge in [-0.3, -0.25) is 4.72 Å². The van der Waals surface area contributed by atoms with E-state index >= 15 is 0 Å². The molecule has 0 radical (unpaired) electrons. The van der Waals surface area contributed by atoms with Gasteiger partial charge < -0.3 is 4.74 Å². The fourth-order valence-electron chi connectivity index (χ4n) is 1.73. The van der Waals surface area contributed by atoms with Crippen molar-refractivity contribution in [2.45, 2.75) is 4.90 Å². The number of carbonyl (C=O) groups excluding carboxylic acids is 1. The molecule has 0 aliphatic heterocycles. The number of methoxy groups -OCH3 is 1. The van der Waals surface area contributed by atoms with Gasteiger partial charge in [-0.1, -0.05) is 6.07 Å². The standard InChI is InChI=1S/C13H13N2O5S2/c1-15(17)10-5-3-4-9(8-10)14-22(18,19)11-6-7-21-12(11)13(16)20-2/h3-8,14H,1-2H3/q+1. The van der Waals surface area contributed by atoms with Crippen LogP contribution in [0.3, 0.4) is 0 Å². The minimum Gasteiger partial charge on any atom is -0.465 e. The highest BCUT2D eigenvalue weighted by molar-refractivity contribution is 7.93. The maximum atomic E-state index is 12.4. The van der Waals surface area contributed by atoms with Crippen LogP contribution in [0.5, 0.6) is 0 Å². The molecule has 116 valence electrons. The summed E-state index contributed by atoms with van der Waals surface area (Å²) in [4.78, 5) is 22.7. The molecule has 0 spiro atoms. The van der Waals surface area contributed by atoms with Crippen molar-refractivity contribution in [3.8, 4) is 0 Å². The molecule has 2 rings (SSSR count). The summed E-state index contributed by atoms with van der Waals surface area (Å²) in [5, 5.41) is 1.49. The van der Waals surface area contributed by atoms with Gasteiger partial charge in [0.1, 0.15) is 9.77 Å². The minimum atomic E-state index is -3.96. The number of sulfonamides is 1. The molecular weight excluding hydrogens is 328 g/mol. The second-order valence-corrected chi connectivity index (χ2v) is 6.83. The van der Waals surface area contributed by atoms with Crippen molar-refractivity contribution in [1.82, 2.24) is 0 Å². The van der Waals surface area contributed by atoms with Gasteiger partial charge in [-0.15, -0.1) is 11.3 Å². The van der Waals surface area contributed by atoms with Crippen molar-refractivity contribution in [3.05, 3.63) is 45.5 Å². The van der Waals surface area contributed by atoms with Crippen LogP contribution in [0.15, 0.2) is 40.6 Å². The van der Waals surface area contributed by atoms with Crippen LogP contribution in [0.1, 0.15) is 9.67 Å². The van der Waals surface area contributed by atoms with Crippen LogP contribution >= 0.6 is 11.3 Å². The Morgan fingerprint density at radius 1 is 1.32 bits per heavy atom. The lowest BCUT2D eigenvalue weighted by Gasteiger charge is -2.08. The zero-order chi connectivity index (χ0) is 16.3. The first-order chi connectivity index (χ1) is 10.3. The third-order valence-electron chi connectivity index (χ3n) is 2.75. The highest BCUT2D eigenvalue weighted by Crippen LogP contribution is 2.26. The molecule has 7 nitrogen and oxygen atoms in total. The molecule has 0 unspecified atom stereocenters. The molecule has 1 N–H and O–H groups in total. The summed E-state index contributed by atoms with van der Waals surface area (Å²) in [6.07, 6.45) is 0. The Bertz CT molecular complexity index is 826. The van der Waals surface area contributed by atoms with Gasteiger partial charge in [-0.05, 0) is 17.5 Å². The van der Waals surface area contributed by atoms with E-state index in [0.717, 1.165) is 11.3 Å². The Morgan fingerprint density at radius 2 is 2.05 bits per heavy atom. The topological polar surface area (TPSA) is 92.6 Å². The lowest BCUT2D eigenvalue weighted by atomic mass is 10.3. The lowest BCUT2D eigenvalue weighted by Crippen LogP contribution is -2.15. The van der Waals surface area contributed by atoms with E-state index in [1.54, 1.807) is 12.1 Å². The summed E-state index contributed by atoms with van der Waals surface area (Å²) in [6, 6.07) is 7.33. The number of hydrogen-bond acceptors (Lipinski definition) is 6. The highest BCUT2D eigenvalue weighted by atomic mass is 32.2. The van der Waals surface area contributed by atoms with Gasteiger partial charge in [0.25, 0.3) is 15.7 Å². The molecule has 0 bridgehead atoms. The smallest absolute Gasteiger partial charge is 0.349 e. The number of esters is 1. The maximum Gasteiger partial charge on any atom is 0.349 e. The average Bonchev–Trinajstić information content (AvgIpc) is 2.96. The molecular formula is C13H13N2O5S2+. The van der Waals surface area contributed by atoms with Crippen LogP contribution in [0.2, 0.25) is 0 Å². The van der Waals surface area contributed by atoms with Gasteiger partial charge in [0.15, 0.2) is 7.05 Å². The number of benzene rings is 1. The molecule has 0 fully saturated rings. The van der Waals surface area contributed by atoms with Crippen LogP contribution < -0.4 is 4.72 Å². The summed E-state index contributed by atoms with van der Waals surface area (Å²) in [7, 11) is -1.47. The number of nitrogens with one attached hydrogen (secondary N) is 1.